The van der Waals surface area contributed by atoms with Crippen molar-refractivity contribution in [3.8, 4) is 5.75 Å². The highest BCUT2D eigenvalue weighted by Gasteiger charge is 2.66. The Morgan fingerprint density at radius 1 is 1.04 bits per heavy atom. The maximum absolute atomic E-state index is 15.1. The van der Waals surface area contributed by atoms with Crippen LogP contribution in [0.25, 0.3) is 0 Å². The lowest BCUT2D eigenvalue weighted by atomic mass is 9.82. The van der Waals surface area contributed by atoms with Gasteiger partial charge in [-0.25, -0.2) is 0 Å². The standard InChI is InChI=1S/C39H47N5O5Si/c1-27-37(50(3,4)32-17-15-31(48-2)16-18-32)35(19-22-42-26-29(20-23-45)40-41-42)49-39(27)33-12-5-6-13-34(33)44(38(39)47)25-28-10-9-11-30(24-28)43-21-8-7-14-36(43)46/h5-6,9-13,15-18,24,26-27,35,37,45H,7-8,14,19-23,25H2,1-4H3/t27-,35+,37-,39+/m1/s1. The highest BCUT2D eigenvalue weighted by atomic mass is 28.3. The largest absolute Gasteiger partial charge is 0.497 e. The van der Waals surface area contributed by atoms with E-state index in [2.05, 4.69) is 54.6 Å². The number of carbonyl (C=O) groups is 2. The summed E-state index contributed by atoms with van der Waals surface area (Å²) in [5, 5.41) is 19.2. The molecule has 3 aliphatic heterocycles. The second-order valence-corrected chi connectivity index (χ2v) is 19.2. The Labute approximate surface area is 295 Å². The first-order chi connectivity index (χ1) is 24.2. The van der Waals surface area contributed by atoms with E-state index in [1.54, 1.807) is 7.11 Å². The van der Waals surface area contributed by atoms with Crippen molar-refractivity contribution >= 4 is 36.4 Å². The van der Waals surface area contributed by atoms with Crippen molar-refractivity contribution in [2.75, 3.05) is 30.1 Å². The average molecular weight is 694 g/mol. The number of nitrogens with zero attached hydrogens (tertiary/aromatic N) is 5. The number of aromatic nitrogens is 3. The first-order valence-corrected chi connectivity index (χ1v) is 20.9. The fourth-order valence-electron chi connectivity index (χ4n) is 8.72. The predicted octanol–water partition coefficient (Wildman–Crippen LogP) is 5.19. The van der Waals surface area contributed by atoms with Crippen molar-refractivity contribution in [3.05, 3.63) is 95.8 Å². The van der Waals surface area contributed by atoms with Crippen LogP contribution in [0, 0.1) is 5.92 Å². The minimum absolute atomic E-state index is 0.0207. The molecule has 10 nitrogen and oxygen atoms in total. The molecule has 0 radical (unpaired) electrons. The Kier molecular flexibility index (Phi) is 9.40. The topological polar surface area (TPSA) is 110 Å². The molecule has 1 spiro atoms. The summed E-state index contributed by atoms with van der Waals surface area (Å²) in [6, 6.07) is 24.5. The fourth-order valence-corrected chi connectivity index (χ4v) is 12.8. The summed E-state index contributed by atoms with van der Waals surface area (Å²) >= 11 is 0. The quantitative estimate of drug-likeness (QED) is 0.216. The zero-order chi connectivity index (χ0) is 35.0. The van der Waals surface area contributed by atoms with Gasteiger partial charge in [0.1, 0.15) is 5.75 Å². The number of anilines is 2. The molecule has 4 heterocycles. The molecule has 7 rings (SSSR count). The molecule has 0 aliphatic carbocycles. The molecule has 4 aromatic rings. The minimum Gasteiger partial charge on any atom is -0.497 e. The molecule has 0 unspecified atom stereocenters. The van der Waals surface area contributed by atoms with E-state index in [4.69, 9.17) is 9.47 Å². The van der Waals surface area contributed by atoms with Gasteiger partial charge in [0.05, 0.1) is 39.2 Å². The van der Waals surface area contributed by atoms with Crippen LogP contribution in [-0.2, 0) is 39.4 Å². The Morgan fingerprint density at radius 3 is 2.60 bits per heavy atom. The van der Waals surface area contributed by atoms with Crippen LogP contribution in [-0.4, -0.2) is 66.4 Å². The van der Waals surface area contributed by atoms with E-state index < -0.39 is 13.7 Å². The molecular weight excluding hydrogens is 647 g/mol. The molecule has 50 heavy (non-hydrogen) atoms. The number of aryl methyl sites for hydroxylation is 1. The number of methoxy groups -OCH3 is 1. The van der Waals surface area contributed by atoms with Crippen LogP contribution in [0.3, 0.4) is 0 Å². The molecule has 3 aliphatic rings. The van der Waals surface area contributed by atoms with E-state index in [1.807, 2.05) is 69.2 Å². The maximum Gasteiger partial charge on any atom is 0.264 e. The molecular formula is C39H47N5O5Si. The lowest BCUT2D eigenvalue weighted by Crippen LogP contribution is -2.51. The number of para-hydroxylation sites is 1. The summed E-state index contributed by atoms with van der Waals surface area (Å²) in [5.41, 5.74) is 3.34. The van der Waals surface area contributed by atoms with Crippen molar-refractivity contribution in [3.63, 3.8) is 0 Å². The van der Waals surface area contributed by atoms with Gasteiger partial charge >= 0.3 is 0 Å². The first-order valence-electron chi connectivity index (χ1n) is 17.8. The van der Waals surface area contributed by atoms with Gasteiger partial charge in [0.15, 0.2) is 5.60 Å². The molecule has 4 atom stereocenters. The number of ether oxygens (including phenoxy) is 2. The summed E-state index contributed by atoms with van der Waals surface area (Å²) in [6.07, 6.45) is 5.27. The molecule has 2 fully saturated rings. The second kappa shape index (κ2) is 13.8. The van der Waals surface area contributed by atoms with Gasteiger partial charge in [0.2, 0.25) is 5.91 Å². The Bertz CT molecular complexity index is 1860. The molecule has 0 saturated carbocycles. The molecule has 0 bridgehead atoms. The van der Waals surface area contributed by atoms with E-state index in [9.17, 15) is 9.90 Å². The average Bonchev–Trinajstić information content (AvgIpc) is 3.78. The van der Waals surface area contributed by atoms with Crippen LogP contribution in [0.4, 0.5) is 11.4 Å². The zero-order valence-corrected chi connectivity index (χ0v) is 30.4. The van der Waals surface area contributed by atoms with Crippen molar-refractivity contribution in [1.29, 1.82) is 0 Å². The summed E-state index contributed by atoms with van der Waals surface area (Å²) in [4.78, 5) is 31.6. The maximum atomic E-state index is 15.1. The molecule has 3 aromatic carbocycles. The third-order valence-electron chi connectivity index (χ3n) is 11.2. The summed E-state index contributed by atoms with van der Waals surface area (Å²) in [5.74, 6) is 0.812. The van der Waals surface area contributed by atoms with E-state index >= 15 is 4.79 Å². The molecule has 1 aromatic heterocycles. The zero-order valence-electron chi connectivity index (χ0n) is 29.4. The van der Waals surface area contributed by atoms with Crippen molar-refractivity contribution in [1.82, 2.24) is 15.0 Å². The minimum atomic E-state index is -2.29. The van der Waals surface area contributed by atoms with E-state index in [0.29, 0.717) is 32.4 Å². The summed E-state index contributed by atoms with van der Waals surface area (Å²) < 4.78 is 14.6. The number of carbonyl (C=O) groups excluding carboxylic acids is 2. The predicted molar refractivity (Wildman–Crippen MR) is 195 cm³/mol. The number of benzene rings is 3. The molecule has 1 N–H and O–H groups in total. The van der Waals surface area contributed by atoms with Crippen LogP contribution in [0.1, 0.15) is 49.4 Å². The van der Waals surface area contributed by atoms with Crippen LogP contribution in [0.5, 0.6) is 5.75 Å². The van der Waals surface area contributed by atoms with Gasteiger partial charge in [0, 0.05) is 55.9 Å². The number of rotatable bonds is 11. The molecule has 262 valence electrons. The van der Waals surface area contributed by atoms with Crippen LogP contribution >= 0.6 is 0 Å². The van der Waals surface area contributed by atoms with Crippen molar-refractivity contribution < 1.29 is 24.2 Å². The van der Waals surface area contributed by atoms with E-state index in [1.165, 1.54) is 5.19 Å². The molecule has 11 heteroatoms. The Balaban J connectivity index is 1.24. The van der Waals surface area contributed by atoms with Gasteiger partial charge in [0.25, 0.3) is 5.91 Å². The summed E-state index contributed by atoms with van der Waals surface area (Å²) in [6.45, 7) is 8.68. The third-order valence-corrected chi connectivity index (χ3v) is 15.6. The van der Waals surface area contributed by atoms with Crippen molar-refractivity contribution in [2.24, 2.45) is 5.92 Å². The number of piperidine rings is 1. The smallest absolute Gasteiger partial charge is 0.264 e. The second-order valence-electron chi connectivity index (χ2n) is 14.5. The Morgan fingerprint density at radius 2 is 1.84 bits per heavy atom. The number of aliphatic hydroxyl groups excluding tert-OH is 1. The lowest BCUT2D eigenvalue weighted by molar-refractivity contribution is -0.146. The third kappa shape index (κ3) is 5.94. The number of fused-ring (bicyclic) bond motifs is 2. The Hall–Kier alpha value is -4.32. The highest BCUT2D eigenvalue weighted by molar-refractivity contribution is 6.91. The lowest BCUT2D eigenvalue weighted by Gasteiger charge is -2.37. The SMILES string of the molecule is COc1ccc([Si](C)(C)[C@H]2[C@H](CCn3cc(CCO)nn3)O[C@@]3(C(=O)N(Cc4cccc(N5CCCCC5=O)c4)c4ccccc43)[C@@H]2C)cc1. The number of hydrogen-bond donors (Lipinski definition) is 1. The van der Waals surface area contributed by atoms with Gasteiger partial charge < -0.3 is 24.4 Å². The monoisotopic (exact) mass is 693 g/mol. The van der Waals surface area contributed by atoms with Crippen LogP contribution in [0.2, 0.25) is 18.6 Å². The van der Waals surface area contributed by atoms with Gasteiger partial charge in [-0.3, -0.25) is 14.3 Å². The van der Waals surface area contributed by atoms with Crippen LogP contribution in [0.15, 0.2) is 79.0 Å². The normalized spacial score (nSPS) is 23.6. The van der Waals surface area contributed by atoms with E-state index in [-0.39, 0.29) is 36.0 Å². The number of amides is 2. The number of aliphatic hydroxyl groups is 1. The number of hydrogen-bond acceptors (Lipinski definition) is 7. The van der Waals surface area contributed by atoms with Gasteiger partial charge in [-0.05, 0) is 60.7 Å². The fraction of sp³-hybridized carbons (Fsp3) is 0.436. The van der Waals surface area contributed by atoms with Crippen LogP contribution < -0.4 is 19.7 Å². The van der Waals surface area contributed by atoms with Crippen molar-refractivity contribution in [2.45, 2.75) is 82.5 Å². The highest BCUT2D eigenvalue weighted by Crippen LogP contribution is 2.60. The van der Waals surface area contributed by atoms with Gasteiger partial charge in [-0.15, -0.1) is 5.10 Å². The van der Waals surface area contributed by atoms with E-state index in [0.717, 1.165) is 53.3 Å². The molecule has 2 saturated heterocycles. The van der Waals surface area contributed by atoms with Gasteiger partial charge in [-0.1, -0.05) is 72.9 Å². The summed E-state index contributed by atoms with van der Waals surface area (Å²) in [7, 11) is -0.616. The van der Waals surface area contributed by atoms with Gasteiger partial charge in [-0.2, -0.15) is 0 Å². The first kappa shape index (κ1) is 34.1. The molecule has 2 amide bonds.